The van der Waals surface area contributed by atoms with Crippen LogP contribution < -0.4 is 11.1 Å². The predicted octanol–water partition coefficient (Wildman–Crippen LogP) is 2.79. The van der Waals surface area contributed by atoms with Crippen LogP contribution in [0.4, 0.5) is 11.5 Å². The zero-order valence-corrected chi connectivity index (χ0v) is 10.7. The normalized spacial score (nSPS) is 10.6. The summed E-state index contributed by atoms with van der Waals surface area (Å²) in [5.74, 6) is 1.24. The molecule has 0 aliphatic heterocycles. The number of nitrogen functional groups attached to an aromatic ring is 1. The van der Waals surface area contributed by atoms with Crippen LogP contribution in [-0.2, 0) is 6.54 Å². The molecule has 4 nitrogen and oxygen atoms in total. The van der Waals surface area contributed by atoms with Gasteiger partial charge in [-0.15, -0.1) is 0 Å². The van der Waals surface area contributed by atoms with Crippen molar-refractivity contribution in [2.45, 2.75) is 26.3 Å². The minimum absolute atomic E-state index is 0.560. The number of aromatic nitrogens is 2. The van der Waals surface area contributed by atoms with Crippen molar-refractivity contribution in [3.8, 4) is 0 Å². The minimum Gasteiger partial charge on any atom is -0.394 e. The Balaban J connectivity index is 2.00. The fourth-order valence-electron chi connectivity index (χ4n) is 1.69. The summed E-state index contributed by atoms with van der Waals surface area (Å²) in [7, 11) is 0. The molecule has 1 aromatic heterocycles. The summed E-state index contributed by atoms with van der Waals surface area (Å²) in [6, 6.07) is 8.56. The Labute approximate surface area is 107 Å². The second-order valence-electron chi connectivity index (χ2n) is 4.58. The van der Waals surface area contributed by atoms with Crippen LogP contribution in [0.2, 0.25) is 0 Å². The van der Waals surface area contributed by atoms with Crippen LogP contribution in [0.1, 0.15) is 30.9 Å². The van der Waals surface area contributed by atoms with Gasteiger partial charge in [0.05, 0.1) is 11.9 Å². The number of nitrogens with zero attached hydrogens (tertiary/aromatic N) is 2. The van der Waals surface area contributed by atoms with E-state index in [0.717, 1.165) is 0 Å². The van der Waals surface area contributed by atoms with Gasteiger partial charge in [0.2, 0.25) is 0 Å². The van der Waals surface area contributed by atoms with Gasteiger partial charge in [0.1, 0.15) is 6.33 Å². The summed E-state index contributed by atoms with van der Waals surface area (Å²) in [5.41, 5.74) is 8.88. The van der Waals surface area contributed by atoms with E-state index in [4.69, 9.17) is 5.73 Å². The molecule has 0 saturated heterocycles. The second kappa shape index (κ2) is 5.49. The molecule has 4 heteroatoms. The topological polar surface area (TPSA) is 63.8 Å². The molecule has 2 rings (SSSR count). The van der Waals surface area contributed by atoms with Crippen LogP contribution in [0.15, 0.2) is 36.8 Å². The average Bonchev–Trinajstić information content (AvgIpc) is 2.38. The number of nitrogens with two attached hydrogens (primary N) is 1. The fourth-order valence-corrected chi connectivity index (χ4v) is 1.69. The highest BCUT2D eigenvalue weighted by molar-refractivity contribution is 5.59. The van der Waals surface area contributed by atoms with Crippen molar-refractivity contribution in [1.29, 1.82) is 0 Å². The fraction of sp³-hybridized carbons (Fsp3) is 0.286. The van der Waals surface area contributed by atoms with Gasteiger partial charge in [-0.2, -0.15) is 0 Å². The van der Waals surface area contributed by atoms with E-state index in [1.54, 1.807) is 6.20 Å². The summed E-state index contributed by atoms with van der Waals surface area (Å²) in [6.07, 6.45) is 3.08. The summed E-state index contributed by atoms with van der Waals surface area (Å²) in [4.78, 5) is 7.95. The molecule has 2 aromatic rings. The highest BCUT2D eigenvalue weighted by atomic mass is 15.0. The van der Waals surface area contributed by atoms with Crippen molar-refractivity contribution < 1.29 is 0 Å². The van der Waals surface area contributed by atoms with Crippen molar-refractivity contribution in [3.05, 3.63) is 47.9 Å². The van der Waals surface area contributed by atoms with Gasteiger partial charge >= 0.3 is 0 Å². The number of nitrogens with one attached hydrogen (secondary N) is 1. The first-order valence-corrected chi connectivity index (χ1v) is 6.05. The molecule has 1 heterocycles. The lowest BCUT2D eigenvalue weighted by Crippen LogP contribution is -2.05. The van der Waals surface area contributed by atoms with Crippen molar-refractivity contribution in [2.24, 2.45) is 0 Å². The Morgan fingerprint density at radius 3 is 2.56 bits per heavy atom. The molecule has 0 aliphatic rings. The molecule has 0 bridgehead atoms. The zero-order chi connectivity index (χ0) is 13.0. The van der Waals surface area contributed by atoms with E-state index >= 15 is 0 Å². The first-order chi connectivity index (χ1) is 8.66. The van der Waals surface area contributed by atoms with Gasteiger partial charge in [0, 0.05) is 6.54 Å². The quantitative estimate of drug-likeness (QED) is 0.865. The second-order valence-corrected chi connectivity index (χ2v) is 4.58. The monoisotopic (exact) mass is 242 g/mol. The van der Waals surface area contributed by atoms with Crippen LogP contribution in [-0.4, -0.2) is 9.97 Å². The lowest BCUT2D eigenvalue weighted by Gasteiger charge is -2.09. The first kappa shape index (κ1) is 12.4. The number of anilines is 2. The smallest absolute Gasteiger partial charge is 0.152 e. The summed E-state index contributed by atoms with van der Waals surface area (Å²) in [5, 5.41) is 3.20. The van der Waals surface area contributed by atoms with Crippen LogP contribution >= 0.6 is 0 Å². The van der Waals surface area contributed by atoms with Gasteiger partial charge in [-0.05, 0) is 17.0 Å². The molecule has 1 aromatic carbocycles. The predicted molar refractivity (Wildman–Crippen MR) is 74.3 cm³/mol. The van der Waals surface area contributed by atoms with Crippen molar-refractivity contribution in [2.75, 3.05) is 11.1 Å². The van der Waals surface area contributed by atoms with E-state index in [9.17, 15) is 0 Å². The standard InChI is InChI=1S/C14H18N4/c1-10(2)12-5-3-11(4-6-12)7-17-14-13(15)8-16-9-18-14/h3-6,8-10H,7,15H2,1-2H3,(H,16,17,18). The van der Waals surface area contributed by atoms with E-state index in [1.165, 1.54) is 17.5 Å². The number of hydrogen-bond acceptors (Lipinski definition) is 4. The van der Waals surface area contributed by atoms with E-state index in [1.807, 2.05) is 0 Å². The largest absolute Gasteiger partial charge is 0.394 e. The Bertz CT molecular complexity index is 505. The molecule has 0 fully saturated rings. The minimum atomic E-state index is 0.560. The van der Waals surface area contributed by atoms with Gasteiger partial charge in [-0.25, -0.2) is 9.97 Å². The third-order valence-electron chi connectivity index (χ3n) is 2.85. The maximum absolute atomic E-state index is 5.76. The molecule has 3 N–H and O–H groups in total. The Morgan fingerprint density at radius 2 is 1.94 bits per heavy atom. The highest BCUT2D eigenvalue weighted by Crippen LogP contribution is 2.16. The molecule has 0 spiro atoms. The lowest BCUT2D eigenvalue weighted by molar-refractivity contribution is 0.865. The van der Waals surface area contributed by atoms with Crippen molar-refractivity contribution >= 4 is 11.5 Å². The van der Waals surface area contributed by atoms with Gasteiger partial charge < -0.3 is 11.1 Å². The van der Waals surface area contributed by atoms with Gasteiger partial charge in [0.15, 0.2) is 5.82 Å². The lowest BCUT2D eigenvalue weighted by atomic mass is 10.0. The Kier molecular flexibility index (Phi) is 3.77. The molecule has 94 valence electrons. The third kappa shape index (κ3) is 2.97. The number of hydrogen-bond donors (Lipinski definition) is 2. The SMILES string of the molecule is CC(C)c1ccc(CNc2ncncc2N)cc1. The zero-order valence-electron chi connectivity index (χ0n) is 10.7. The first-order valence-electron chi connectivity index (χ1n) is 6.05. The molecule has 0 saturated carbocycles. The molecular weight excluding hydrogens is 224 g/mol. The molecule has 0 amide bonds. The molecular formula is C14H18N4. The van der Waals surface area contributed by atoms with E-state index < -0.39 is 0 Å². The maximum atomic E-state index is 5.76. The van der Waals surface area contributed by atoms with Crippen LogP contribution in [0.5, 0.6) is 0 Å². The maximum Gasteiger partial charge on any atom is 0.152 e. The van der Waals surface area contributed by atoms with Crippen LogP contribution in [0, 0.1) is 0 Å². The third-order valence-corrected chi connectivity index (χ3v) is 2.85. The van der Waals surface area contributed by atoms with Crippen LogP contribution in [0.3, 0.4) is 0 Å². The molecule has 18 heavy (non-hydrogen) atoms. The summed E-state index contributed by atoms with van der Waals surface area (Å²) >= 11 is 0. The number of benzene rings is 1. The summed E-state index contributed by atoms with van der Waals surface area (Å²) < 4.78 is 0. The van der Waals surface area contributed by atoms with Gasteiger partial charge in [-0.3, -0.25) is 0 Å². The van der Waals surface area contributed by atoms with Crippen molar-refractivity contribution in [1.82, 2.24) is 9.97 Å². The van der Waals surface area contributed by atoms with E-state index in [2.05, 4.69) is 53.4 Å². The number of rotatable bonds is 4. The Morgan fingerprint density at radius 1 is 1.22 bits per heavy atom. The molecule has 0 unspecified atom stereocenters. The van der Waals surface area contributed by atoms with Gasteiger partial charge in [0.25, 0.3) is 0 Å². The van der Waals surface area contributed by atoms with Crippen molar-refractivity contribution in [3.63, 3.8) is 0 Å². The Hall–Kier alpha value is -2.10. The molecule has 0 radical (unpaired) electrons. The molecule has 0 atom stereocenters. The summed E-state index contributed by atoms with van der Waals surface area (Å²) in [6.45, 7) is 5.09. The van der Waals surface area contributed by atoms with Crippen LogP contribution in [0.25, 0.3) is 0 Å². The molecule has 0 aliphatic carbocycles. The van der Waals surface area contributed by atoms with E-state index in [0.29, 0.717) is 24.0 Å². The van der Waals surface area contributed by atoms with E-state index in [-0.39, 0.29) is 0 Å². The van der Waals surface area contributed by atoms with Gasteiger partial charge in [-0.1, -0.05) is 38.1 Å². The highest BCUT2D eigenvalue weighted by Gasteiger charge is 2.01. The average molecular weight is 242 g/mol.